The van der Waals surface area contributed by atoms with E-state index in [2.05, 4.69) is 11.9 Å². The molecule has 0 aliphatic carbocycles. The largest absolute Gasteiger partial charge is 0.463 e. The van der Waals surface area contributed by atoms with Gasteiger partial charge in [-0.15, -0.1) is 0 Å². The lowest BCUT2D eigenvalue weighted by molar-refractivity contribution is -0.158. The lowest BCUT2D eigenvalue weighted by Gasteiger charge is -2.36. The van der Waals surface area contributed by atoms with Gasteiger partial charge in [-0.3, -0.25) is 9.59 Å². The van der Waals surface area contributed by atoms with E-state index >= 15 is 0 Å². The zero-order valence-corrected chi connectivity index (χ0v) is 17.9. The van der Waals surface area contributed by atoms with Crippen LogP contribution in [0.2, 0.25) is 0 Å². The molecular formula is C23H35N3O4. The van der Waals surface area contributed by atoms with Gasteiger partial charge in [0.15, 0.2) is 0 Å². The Morgan fingerprint density at radius 2 is 1.77 bits per heavy atom. The maximum atomic E-state index is 13.0. The van der Waals surface area contributed by atoms with Crippen LogP contribution in [0.15, 0.2) is 30.3 Å². The van der Waals surface area contributed by atoms with Gasteiger partial charge in [0, 0.05) is 12.1 Å². The van der Waals surface area contributed by atoms with Gasteiger partial charge in [0.2, 0.25) is 0 Å². The third kappa shape index (κ3) is 5.80. The van der Waals surface area contributed by atoms with Crippen molar-refractivity contribution in [2.45, 2.75) is 75.1 Å². The van der Waals surface area contributed by atoms with Gasteiger partial charge in [0.05, 0.1) is 0 Å². The van der Waals surface area contributed by atoms with Gasteiger partial charge in [-0.25, -0.2) is 0 Å². The minimum atomic E-state index is -0.700. The predicted octanol–water partition coefficient (Wildman–Crippen LogP) is 1.94. The first-order valence-electron chi connectivity index (χ1n) is 11.1. The Bertz CT molecular complexity index is 685. The summed E-state index contributed by atoms with van der Waals surface area (Å²) < 4.78 is 11.3. The molecule has 2 aliphatic heterocycles. The first-order chi connectivity index (χ1) is 14.5. The Kier molecular flexibility index (Phi) is 8.24. The highest BCUT2D eigenvalue weighted by molar-refractivity contribution is 5.80. The number of unbranched alkanes of at least 4 members (excludes halogenated alkanes) is 1. The highest BCUT2D eigenvalue weighted by atomic mass is 16.6. The van der Waals surface area contributed by atoms with E-state index < -0.39 is 17.9 Å². The number of piperidine rings is 1. The van der Waals surface area contributed by atoms with Crippen LogP contribution >= 0.6 is 0 Å². The van der Waals surface area contributed by atoms with Crippen LogP contribution in [0.4, 0.5) is 0 Å². The van der Waals surface area contributed by atoms with Crippen molar-refractivity contribution in [3.63, 3.8) is 0 Å². The van der Waals surface area contributed by atoms with Gasteiger partial charge >= 0.3 is 11.9 Å². The molecule has 1 aromatic carbocycles. The summed E-state index contributed by atoms with van der Waals surface area (Å²) in [6.07, 6.45) is 6.10. The SMILES string of the molecule is CN1[C@@H]2CC[C@H]1C[C@@H](OC(=O)C(COC(=O)[C@@H](N)CCCCN)c1ccccc1)C2. The number of carbonyl (C=O) groups is 2. The van der Waals surface area contributed by atoms with Crippen molar-refractivity contribution in [2.24, 2.45) is 11.5 Å². The number of ether oxygens (including phenoxy) is 2. The average Bonchev–Trinajstić information content (AvgIpc) is 2.95. The molecule has 3 rings (SSSR count). The molecule has 2 heterocycles. The molecule has 1 aromatic rings. The van der Waals surface area contributed by atoms with Crippen molar-refractivity contribution in [3.05, 3.63) is 35.9 Å². The van der Waals surface area contributed by atoms with Gasteiger partial charge in [0.25, 0.3) is 0 Å². The fourth-order valence-electron chi connectivity index (χ4n) is 4.59. The normalized spacial score (nSPS) is 25.5. The van der Waals surface area contributed by atoms with Crippen LogP contribution in [-0.2, 0) is 19.1 Å². The molecule has 0 aromatic heterocycles. The van der Waals surface area contributed by atoms with Gasteiger partial charge < -0.3 is 25.8 Å². The molecule has 7 heteroatoms. The summed E-state index contributed by atoms with van der Waals surface area (Å²) >= 11 is 0. The predicted molar refractivity (Wildman–Crippen MR) is 115 cm³/mol. The van der Waals surface area contributed by atoms with E-state index in [9.17, 15) is 9.59 Å². The van der Waals surface area contributed by atoms with Crippen LogP contribution < -0.4 is 11.5 Å². The smallest absolute Gasteiger partial charge is 0.322 e. The van der Waals surface area contributed by atoms with E-state index in [-0.39, 0.29) is 18.7 Å². The van der Waals surface area contributed by atoms with Crippen LogP contribution in [0.1, 0.15) is 56.4 Å². The molecule has 0 amide bonds. The molecule has 0 saturated carbocycles. The zero-order valence-electron chi connectivity index (χ0n) is 17.9. The lowest BCUT2D eigenvalue weighted by Crippen LogP contribution is -2.44. The summed E-state index contributed by atoms with van der Waals surface area (Å²) in [4.78, 5) is 27.7. The second kappa shape index (κ2) is 10.9. The van der Waals surface area contributed by atoms with Crippen LogP contribution in [0, 0.1) is 0 Å². The van der Waals surface area contributed by atoms with Crippen LogP contribution in [0.3, 0.4) is 0 Å². The molecule has 2 aliphatic rings. The van der Waals surface area contributed by atoms with Crippen molar-refractivity contribution in [1.29, 1.82) is 0 Å². The number of nitrogens with zero attached hydrogens (tertiary/aromatic N) is 1. The number of nitrogens with two attached hydrogens (primary N) is 2. The molecule has 4 N–H and O–H groups in total. The summed E-state index contributed by atoms with van der Waals surface area (Å²) in [6.45, 7) is 0.508. The average molecular weight is 418 g/mol. The van der Waals surface area contributed by atoms with Gasteiger partial charge in [-0.2, -0.15) is 0 Å². The van der Waals surface area contributed by atoms with E-state index in [0.29, 0.717) is 25.0 Å². The van der Waals surface area contributed by atoms with Crippen molar-refractivity contribution in [3.8, 4) is 0 Å². The third-order valence-electron chi connectivity index (χ3n) is 6.49. The standard InChI is InChI=1S/C23H35N3O4/c1-26-17-10-11-18(26)14-19(13-17)30-22(27)20(16-7-3-2-4-8-16)15-29-23(28)21(25)9-5-6-12-24/h2-4,7-8,17-21H,5-6,9-15,24-25H2,1H3/t17-,18+,19+,20?,21-/m0/s1. The maximum absolute atomic E-state index is 13.0. The summed E-state index contributed by atoms with van der Waals surface area (Å²) in [5.74, 6) is -1.47. The molecule has 1 unspecified atom stereocenters. The monoisotopic (exact) mass is 417 g/mol. The molecule has 0 spiro atoms. The molecule has 7 nitrogen and oxygen atoms in total. The molecule has 166 valence electrons. The Hall–Kier alpha value is -1.96. The Labute approximate surface area is 179 Å². The number of esters is 2. The Morgan fingerprint density at radius 1 is 1.10 bits per heavy atom. The van der Waals surface area contributed by atoms with Crippen LogP contribution in [-0.4, -0.2) is 61.3 Å². The van der Waals surface area contributed by atoms with E-state index in [1.54, 1.807) is 0 Å². The molecule has 30 heavy (non-hydrogen) atoms. The van der Waals surface area contributed by atoms with Crippen molar-refractivity contribution >= 4 is 11.9 Å². The van der Waals surface area contributed by atoms with Gasteiger partial charge in [-0.05, 0) is 57.7 Å². The number of carbonyl (C=O) groups excluding carboxylic acids is 2. The lowest BCUT2D eigenvalue weighted by atomic mass is 9.98. The molecule has 5 atom stereocenters. The summed E-state index contributed by atoms with van der Waals surface area (Å²) in [5.41, 5.74) is 12.2. The van der Waals surface area contributed by atoms with E-state index in [1.165, 1.54) is 0 Å². The van der Waals surface area contributed by atoms with Gasteiger partial charge in [0.1, 0.15) is 24.7 Å². The van der Waals surface area contributed by atoms with Crippen molar-refractivity contribution < 1.29 is 19.1 Å². The number of benzene rings is 1. The summed E-state index contributed by atoms with van der Waals surface area (Å²) in [6, 6.07) is 9.62. The fourth-order valence-corrected chi connectivity index (χ4v) is 4.59. The van der Waals surface area contributed by atoms with E-state index in [4.69, 9.17) is 20.9 Å². The number of rotatable bonds is 10. The topological polar surface area (TPSA) is 108 Å². The highest BCUT2D eigenvalue weighted by Crippen LogP contribution is 2.36. The first kappa shape index (κ1) is 22.7. The second-order valence-corrected chi connectivity index (χ2v) is 8.57. The summed E-state index contributed by atoms with van der Waals surface area (Å²) in [5, 5.41) is 0. The minimum Gasteiger partial charge on any atom is -0.463 e. The molecule has 2 saturated heterocycles. The van der Waals surface area contributed by atoms with E-state index in [0.717, 1.165) is 44.1 Å². The molecule has 2 fully saturated rings. The second-order valence-electron chi connectivity index (χ2n) is 8.57. The number of hydrogen-bond donors (Lipinski definition) is 2. The Morgan fingerprint density at radius 3 is 2.40 bits per heavy atom. The fraction of sp³-hybridized carbons (Fsp3) is 0.652. The number of hydrogen-bond acceptors (Lipinski definition) is 7. The third-order valence-corrected chi connectivity index (χ3v) is 6.49. The van der Waals surface area contributed by atoms with Gasteiger partial charge in [-0.1, -0.05) is 36.8 Å². The summed E-state index contributed by atoms with van der Waals surface area (Å²) in [7, 11) is 2.16. The maximum Gasteiger partial charge on any atom is 0.322 e. The molecule has 2 bridgehead atoms. The van der Waals surface area contributed by atoms with Crippen LogP contribution in [0.5, 0.6) is 0 Å². The molecular weight excluding hydrogens is 382 g/mol. The van der Waals surface area contributed by atoms with E-state index in [1.807, 2.05) is 30.3 Å². The minimum absolute atomic E-state index is 0.0637. The quantitative estimate of drug-likeness (QED) is 0.442. The Balaban J connectivity index is 1.59. The number of fused-ring (bicyclic) bond motifs is 2. The van der Waals surface area contributed by atoms with Crippen LogP contribution in [0.25, 0.3) is 0 Å². The van der Waals surface area contributed by atoms with Crippen molar-refractivity contribution in [1.82, 2.24) is 4.90 Å². The van der Waals surface area contributed by atoms with Crippen molar-refractivity contribution in [2.75, 3.05) is 20.2 Å². The highest BCUT2D eigenvalue weighted by Gasteiger charge is 2.40. The first-order valence-corrected chi connectivity index (χ1v) is 11.1. The zero-order chi connectivity index (χ0) is 21.5. The molecule has 0 radical (unpaired) electrons.